The summed E-state index contributed by atoms with van der Waals surface area (Å²) in [4.78, 5) is 16.1. The molecule has 1 aliphatic rings. The van der Waals surface area contributed by atoms with Crippen molar-refractivity contribution >= 4 is 11.8 Å². The largest absolute Gasteiger partial charge is 0.444 e. The monoisotopic (exact) mass is 271 g/mol. The third-order valence-corrected chi connectivity index (χ3v) is 3.05. The Morgan fingerprint density at radius 2 is 2.20 bits per heavy atom. The van der Waals surface area contributed by atoms with Gasteiger partial charge in [-0.1, -0.05) is 0 Å². The normalized spacial score (nSPS) is 12.8. The molecule has 0 atom stereocenters. The van der Waals surface area contributed by atoms with Gasteiger partial charge in [0, 0.05) is 30.2 Å². The zero-order valence-corrected chi connectivity index (χ0v) is 11.8. The SMILES string of the molecule is CC(C)(C)OC(=O)Nc1ccc2c(c1)Cn1ccnc1-2. The van der Waals surface area contributed by atoms with Crippen LogP contribution in [-0.4, -0.2) is 21.2 Å². The molecule has 5 heteroatoms. The maximum Gasteiger partial charge on any atom is 0.412 e. The van der Waals surface area contributed by atoms with Gasteiger partial charge in [0.25, 0.3) is 0 Å². The van der Waals surface area contributed by atoms with Crippen molar-refractivity contribution in [3.05, 3.63) is 36.2 Å². The van der Waals surface area contributed by atoms with Crippen molar-refractivity contribution in [3.63, 3.8) is 0 Å². The van der Waals surface area contributed by atoms with E-state index in [1.165, 1.54) is 0 Å². The summed E-state index contributed by atoms with van der Waals surface area (Å²) in [7, 11) is 0. The molecule has 0 spiro atoms. The van der Waals surface area contributed by atoms with Crippen LogP contribution in [0.3, 0.4) is 0 Å². The molecule has 0 radical (unpaired) electrons. The first kappa shape index (κ1) is 12.7. The van der Waals surface area contributed by atoms with Crippen molar-refractivity contribution in [2.45, 2.75) is 32.9 Å². The summed E-state index contributed by atoms with van der Waals surface area (Å²) in [5.74, 6) is 0.976. The van der Waals surface area contributed by atoms with E-state index in [1.807, 2.05) is 45.2 Å². The van der Waals surface area contributed by atoms with Gasteiger partial charge in [-0.25, -0.2) is 9.78 Å². The van der Waals surface area contributed by atoms with Crippen LogP contribution in [0, 0.1) is 0 Å². The lowest BCUT2D eigenvalue weighted by atomic mass is 10.1. The summed E-state index contributed by atoms with van der Waals surface area (Å²) in [6, 6.07) is 5.81. The first-order chi connectivity index (χ1) is 9.42. The third-order valence-electron chi connectivity index (χ3n) is 3.05. The molecule has 1 aromatic carbocycles. The zero-order valence-electron chi connectivity index (χ0n) is 11.8. The molecular formula is C15H17N3O2. The second-order valence-corrected chi connectivity index (χ2v) is 5.88. The van der Waals surface area contributed by atoms with E-state index < -0.39 is 11.7 Å². The molecule has 2 heterocycles. The molecule has 1 amide bonds. The number of anilines is 1. The van der Waals surface area contributed by atoms with Gasteiger partial charge in [0.05, 0.1) is 0 Å². The number of nitrogens with zero attached hydrogens (tertiary/aromatic N) is 2. The van der Waals surface area contributed by atoms with Gasteiger partial charge in [-0.3, -0.25) is 5.32 Å². The summed E-state index contributed by atoms with van der Waals surface area (Å²) in [6.45, 7) is 6.31. The number of aromatic nitrogens is 2. The molecule has 3 rings (SSSR count). The third kappa shape index (κ3) is 2.39. The second kappa shape index (κ2) is 4.37. The van der Waals surface area contributed by atoms with Gasteiger partial charge in [-0.15, -0.1) is 0 Å². The first-order valence-electron chi connectivity index (χ1n) is 6.57. The zero-order chi connectivity index (χ0) is 14.3. The molecule has 104 valence electrons. The van der Waals surface area contributed by atoms with E-state index >= 15 is 0 Å². The van der Waals surface area contributed by atoms with Crippen LogP contribution in [0.1, 0.15) is 26.3 Å². The van der Waals surface area contributed by atoms with E-state index in [1.54, 1.807) is 6.20 Å². The lowest BCUT2D eigenvalue weighted by Crippen LogP contribution is -2.27. The fourth-order valence-electron chi connectivity index (χ4n) is 2.31. The minimum absolute atomic E-state index is 0.437. The molecule has 0 bridgehead atoms. The Balaban J connectivity index is 1.77. The van der Waals surface area contributed by atoms with Crippen molar-refractivity contribution < 1.29 is 9.53 Å². The van der Waals surface area contributed by atoms with Crippen LogP contribution in [0.25, 0.3) is 11.4 Å². The van der Waals surface area contributed by atoms with Gasteiger partial charge in [-0.05, 0) is 44.5 Å². The number of ether oxygens (including phenoxy) is 1. The number of carbonyl (C=O) groups is 1. The van der Waals surface area contributed by atoms with Gasteiger partial charge < -0.3 is 9.30 Å². The van der Waals surface area contributed by atoms with Crippen molar-refractivity contribution in [3.8, 4) is 11.4 Å². The van der Waals surface area contributed by atoms with Gasteiger partial charge in [0.2, 0.25) is 0 Å². The number of fused-ring (bicyclic) bond motifs is 3. The number of amides is 1. The quantitative estimate of drug-likeness (QED) is 0.739. The van der Waals surface area contributed by atoms with Crippen LogP contribution >= 0.6 is 0 Å². The summed E-state index contributed by atoms with van der Waals surface area (Å²) < 4.78 is 7.33. The van der Waals surface area contributed by atoms with Crippen molar-refractivity contribution in [2.24, 2.45) is 0 Å². The van der Waals surface area contributed by atoms with E-state index in [9.17, 15) is 4.79 Å². The van der Waals surface area contributed by atoms with Crippen molar-refractivity contribution in [1.29, 1.82) is 0 Å². The fraction of sp³-hybridized carbons (Fsp3) is 0.333. The van der Waals surface area contributed by atoms with Crippen LogP contribution in [0.5, 0.6) is 0 Å². The fourth-order valence-corrected chi connectivity index (χ4v) is 2.31. The van der Waals surface area contributed by atoms with Gasteiger partial charge in [0.15, 0.2) is 0 Å². The van der Waals surface area contributed by atoms with Crippen LogP contribution in [0.2, 0.25) is 0 Å². The highest BCUT2D eigenvalue weighted by molar-refractivity contribution is 5.86. The number of imidazole rings is 1. The average Bonchev–Trinajstić information content (AvgIpc) is 2.85. The van der Waals surface area contributed by atoms with Crippen molar-refractivity contribution in [2.75, 3.05) is 5.32 Å². The maximum absolute atomic E-state index is 11.7. The van der Waals surface area contributed by atoms with Crippen LogP contribution in [-0.2, 0) is 11.3 Å². The topological polar surface area (TPSA) is 56.1 Å². The molecule has 2 aromatic rings. The predicted octanol–water partition coefficient (Wildman–Crippen LogP) is 3.26. The molecule has 0 aliphatic carbocycles. The molecule has 1 aromatic heterocycles. The molecule has 0 saturated carbocycles. The Kier molecular flexibility index (Phi) is 2.78. The first-order valence-corrected chi connectivity index (χ1v) is 6.57. The number of carbonyl (C=O) groups excluding carboxylic acids is 1. The van der Waals surface area contributed by atoms with Crippen LogP contribution in [0.4, 0.5) is 10.5 Å². The number of nitrogens with one attached hydrogen (secondary N) is 1. The molecule has 0 saturated heterocycles. The molecule has 5 nitrogen and oxygen atoms in total. The number of hydrogen-bond acceptors (Lipinski definition) is 3. The molecule has 1 aliphatic heterocycles. The minimum atomic E-state index is -0.497. The summed E-state index contributed by atoms with van der Waals surface area (Å²) in [5, 5.41) is 2.76. The summed E-state index contributed by atoms with van der Waals surface area (Å²) >= 11 is 0. The molecule has 0 fully saturated rings. The highest BCUT2D eigenvalue weighted by Gasteiger charge is 2.20. The lowest BCUT2D eigenvalue weighted by molar-refractivity contribution is 0.0636. The molecule has 0 unspecified atom stereocenters. The predicted molar refractivity (Wildman–Crippen MR) is 76.6 cm³/mol. The van der Waals surface area contributed by atoms with Gasteiger partial charge in [0.1, 0.15) is 11.4 Å². The van der Waals surface area contributed by atoms with Gasteiger partial charge >= 0.3 is 6.09 Å². The Labute approximate surface area is 117 Å². The number of rotatable bonds is 1. The standard InChI is InChI=1S/C15H17N3O2/c1-15(2,3)20-14(19)17-11-4-5-12-10(8-11)9-18-7-6-16-13(12)18/h4-8H,9H2,1-3H3,(H,17,19). The van der Waals surface area contributed by atoms with E-state index in [0.717, 1.165) is 29.2 Å². The van der Waals surface area contributed by atoms with E-state index in [-0.39, 0.29) is 0 Å². The van der Waals surface area contributed by atoms with Crippen LogP contribution in [0.15, 0.2) is 30.6 Å². The smallest absolute Gasteiger partial charge is 0.412 e. The average molecular weight is 271 g/mol. The highest BCUT2D eigenvalue weighted by atomic mass is 16.6. The Hall–Kier alpha value is -2.30. The van der Waals surface area contributed by atoms with E-state index in [4.69, 9.17) is 4.74 Å². The lowest BCUT2D eigenvalue weighted by Gasteiger charge is -2.19. The maximum atomic E-state index is 11.7. The van der Waals surface area contributed by atoms with Crippen molar-refractivity contribution in [1.82, 2.24) is 9.55 Å². The van der Waals surface area contributed by atoms with Crippen LogP contribution < -0.4 is 5.32 Å². The number of hydrogen-bond donors (Lipinski definition) is 1. The van der Waals surface area contributed by atoms with Gasteiger partial charge in [-0.2, -0.15) is 0 Å². The Bertz CT molecular complexity index is 668. The highest BCUT2D eigenvalue weighted by Crippen LogP contribution is 2.32. The molecule has 20 heavy (non-hydrogen) atoms. The van der Waals surface area contributed by atoms with E-state index in [0.29, 0.717) is 0 Å². The van der Waals surface area contributed by atoms with E-state index in [2.05, 4.69) is 14.9 Å². The summed E-state index contributed by atoms with van der Waals surface area (Å²) in [5.41, 5.74) is 2.51. The second-order valence-electron chi connectivity index (χ2n) is 5.88. The minimum Gasteiger partial charge on any atom is -0.444 e. The Morgan fingerprint density at radius 3 is 2.95 bits per heavy atom. The Morgan fingerprint density at radius 1 is 1.40 bits per heavy atom. The molecular weight excluding hydrogens is 254 g/mol. The molecule has 1 N–H and O–H groups in total. The number of benzene rings is 1. The summed E-state index contributed by atoms with van der Waals surface area (Å²) in [6.07, 6.45) is 3.31.